The average molecular weight is 328 g/mol. The summed E-state index contributed by atoms with van der Waals surface area (Å²) in [5, 5.41) is 11.7. The quantitative estimate of drug-likeness (QED) is 0.784. The van der Waals surface area contributed by atoms with Crippen molar-refractivity contribution in [2.45, 2.75) is 18.9 Å². The fraction of sp³-hybridized carbons (Fsp3) is 0.250. The largest absolute Gasteiger partial charge is 0.345 e. The van der Waals surface area contributed by atoms with E-state index < -0.39 is 0 Å². The second kappa shape index (κ2) is 5.31. The molecule has 0 bridgehead atoms. The molecule has 1 aliphatic rings. The highest BCUT2D eigenvalue weighted by atomic mass is 35.5. The molecule has 6 nitrogen and oxygen atoms in total. The molecule has 1 aliphatic carbocycles. The Morgan fingerprint density at radius 2 is 2.30 bits per heavy atom. The number of pyridine rings is 1. The van der Waals surface area contributed by atoms with Gasteiger partial charge in [-0.2, -0.15) is 0 Å². The normalized spacial score (nSPS) is 16.5. The van der Waals surface area contributed by atoms with Gasteiger partial charge < -0.3 is 5.32 Å². The van der Waals surface area contributed by atoms with Gasteiger partial charge in [0.2, 0.25) is 0 Å². The Labute approximate surface area is 137 Å². The number of hydrogen-bond donors (Lipinski definition) is 1. The SMILES string of the molecule is Cn1nnc2cc(C(=O)NC3CCc4c(Cl)cccc43)cnc21. The van der Waals surface area contributed by atoms with Crippen molar-refractivity contribution < 1.29 is 4.79 Å². The van der Waals surface area contributed by atoms with Crippen LogP contribution < -0.4 is 5.32 Å². The van der Waals surface area contributed by atoms with Crippen LogP contribution in [0.5, 0.6) is 0 Å². The number of carbonyl (C=O) groups is 1. The first-order chi connectivity index (χ1) is 11.1. The molecule has 0 radical (unpaired) electrons. The highest BCUT2D eigenvalue weighted by Crippen LogP contribution is 2.35. The van der Waals surface area contributed by atoms with Crippen molar-refractivity contribution in [1.82, 2.24) is 25.3 Å². The second-order valence-electron chi connectivity index (χ2n) is 5.65. The molecule has 0 fully saturated rings. The number of amides is 1. The smallest absolute Gasteiger partial charge is 0.253 e. The van der Waals surface area contributed by atoms with Crippen LogP contribution in [0.2, 0.25) is 5.02 Å². The number of carbonyl (C=O) groups excluding carboxylic acids is 1. The van der Waals surface area contributed by atoms with Crippen molar-refractivity contribution in [3.8, 4) is 0 Å². The Morgan fingerprint density at radius 3 is 3.17 bits per heavy atom. The number of nitrogens with one attached hydrogen (secondary N) is 1. The number of aromatic nitrogens is 4. The number of nitrogens with zero attached hydrogens (tertiary/aromatic N) is 4. The standard InChI is InChI=1S/C16H14ClN5O/c1-22-15-14(20-21-22)7-9(8-18-15)16(23)19-13-6-5-10-11(13)3-2-4-12(10)17/h2-4,7-8,13H,5-6H2,1H3,(H,19,23). The zero-order valence-corrected chi connectivity index (χ0v) is 13.2. The van der Waals surface area contributed by atoms with Crippen LogP contribution >= 0.6 is 11.6 Å². The molecule has 1 amide bonds. The predicted molar refractivity (Wildman–Crippen MR) is 86.3 cm³/mol. The molecule has 0 saturated heterocycles. The number of benzene rings is 1. The minimum Gasteiger partial charge on any atom is -0.345 e. The monoisotopic (exact) mass is 327 g/mol. The zero-order chi connectivity index (χ0) is 16.0. The number of rotatable bonds is 2. The Balaban J connectivity index is 1.60. The van der Waals surface area contributed by atoms with Crippen molar-refractivity contribution in [2.75, 3.05) is 0 Å². The fourth-order valence-electron chi connectivity index (χ4n) is 3.05. The average Bonchev–Trinajstić information content (AvgIpc) is 3.13. The fourth-order valence-corrected chi connectivity index (χ4v) is 3.33. The summed E-state index contributed by atoms with van der Waals surface area (Å²) < 4.78 is 1.58. The molecular formula is C16H14ClN5O. The molecule has 2 heterocycles. The van der Waals surface area contributed by atoms with Gasteiger partial charge in [-0.15, -0.1) is 5.10 Å². The van der Waals surface area contributed by atoms with Gasteiger partial charge in [-0.05, 0) is 36.1 Å². The molecule has 116 valence electrons. The van der Waals surface area contributed by atoms with Crippen LogP contribution in [-0.4, -0.2) is 25.9 Å². The summed E-state index contributed by atoms with van der Waals surface area (Å²) in [6.07, 6.45) is 3.28. The summed E-state index contributed by atoms with van der Waals surface area (Å²) in [7, 11) is 1.77. The first-order valence-corrected chi connectivity index (χ1v) is 7.75. The minimum atomic E-state index is -0.164. The summed E-state index contributed by atoms with van der Waals surface area (Å²) in [6.45, 7) is 0. The van der Waals surface area contributed by atoms with Gasteiger partial charge in [-0.3, -0.25) is 4.79 Å². The van der Waals surface area contributed by atoms with Crippen molar-refractivity contribution in [3.05, 3.63) is 52.2 Å². The zero-order valence-electron chi connectivity index (χ0n) is 12.5. The van der Waals surface area contributed by atoms with E-state index in [4.69, 9.17) is 11.6 Å². The van der Waals surface area contributed by atoms with Crippen LogP contribution in [0.3, 0.4) is 0 Å². The Morgan fingerprint density at radius 1 is 1.43 bits per heavy atom. The third kappa shape index (κ3) is 2.35. The first-order valence-electron chi connectivity index (χ1n) is 7.37. The van der Waals surface area contributed by atoms with Gasteiger partial charge in [-0.1, -0.05) is 28.9 Å². The molecule has 4 rings (SSSR count). The molecule has 23 heavy (non-hydrogen) atoms. The summed E-state index contributed by atoms with van der Waals surface area (Å²) >= 11 is 6.22. The van der Waals surface area contributed by atoms with E-state index in [2.05, 4.69) is 20.6 Å². The van der Waals surface area contributed by atoms with E-state index in [-0.39, 0.29) is 11.9 Å². The number of fused-ring (bicyclic) bond motifs is 2. The van der Waals surface area contributed by atoms with Crippen LogP contribution in [0, 0.1) is 0 Å². The Hall–Kier alpha value is -2.47. The first kappa shape index (κ1) is 14.1. The molecule has 1 unspecified atom stereocenters. The van der Waals surface area contributed by atoms with E-state index in [0.29, 0.717) is 16.7 Å². The molecule has 0 aliphatic heterocycles. The Kier molecular flexibility index (Phi) is 3.27. The van der Waals surface area contributed by atoms with E-state index in [1.54, 1.807) is 24.0 Å². The summed E-state index contributed by atoms with van der Waals surface area (Å²) in [5.74, 6) is -0.164. The lowest BCUT2D eigenvalue weighted by molar-refractivity contribution is 0.0936. The second-order valence-corrected chi connectivity index (χ2v) is 6.06. The maximum atomic E-state index is 12.5. The maximum Gasteiger partial charge on any atom is 0.253 e. The van der Waals surface area contributed by atoms with Crippen molar-refractivity contribution in [1.29, 1.82) is 0 Å². The highest BCUT2D eigenvalue weighted by Gasteiger charge is 2.26. The lowest BCUT2D eigenvalue weighted by Gasteiger charge is -2.14. The maximum absolute atomic E-state index is 12.5. The third-order valence-electron chi connectivity index (χ3n) is 4.22. The highest BCUT2D eigenvalue weighted by molar-refractivity contribution is 6.31. The molecule has 1 aromatic carbocycles. The molecular weight excluding hydrogens is 314 g/mol. The number of aryl methyl sites for hydroxylation is 1. The topological polar surface area (TPSA) is 72.7 Å². The van der Waals surface area contributed by atoms with Gasteiger partial charge in [0.25, 0.3) is 5.91 Å². The molecule has 0 saturated carbocycles. The number of halogens is 1. The van der Waals surface area contributed by atoms with Crippen LogP contribution in [0.4, 0.5) is 0 Å². The van der Waals surface area contributed by atoms with E-state index >= 15 is 0 Å². The van der Waals surface area contributed by atoms with E-state index in [1.807, 2.05) is 18.2 Å². The molecule has 1 N–H and O–H groups in total. The molecule has 2 aromatic heterocycles. The molecule has 3 aromatic rings. The van der Waals surface area contributed by atoms with Crippen LogP contribution in [-0.2, 0) is 13.5 Å². The van der Waals surface area contributed by atoms with Gasteiger partial charge >= 0.3 is 0 Å². The third-order valence-corrected chi connectivity index (χ3v) is 4.58. The molecule has 1 atom stereocenters. The Bertz CT molecular complexity index is 920. The van der Waals surface area contributed by atoms with E-state index in [1.165, 1.54) is 0 Å². The number of hydrogen-bond acceptors (Lipinski definition) is 4. The van der Waals surface area contributed by atoms with Crippen LogP contribution in [0.1, 0.15) is 33.9 Å². The van der Waals surface area contributed by atoms with E-state index in [0.717, 1.165) is 29.0 Å². The lowest BCUT2D eigenvalue weighted by atomic mass is 10.1. The van der Waals surface area contributed by atoms with Crippen molar-refractivity contribution in [3.63, 3.8) is 0 Å². The van der Waals surface area contributed by atoms with Gasteiger partial charge in [0, 0.05) is 18.3 Å². The minimum absolute atomic E-state index is 0.0197. The van der Waals surface area contributed by atoms with Gasteiger partial charge in [-0.25, -0.2) is 9.67 Å². The van der Waals surface area contributed by atoms with Crippen LogP contribution in [0.15, 0.2) is 30.5 Å². The lowest BCUT2D eigenvalue weighted by Crippen LogP contribution is -2.27. The van der Waals surface area contributed by atoms with Gasteiger partial charge in [0.15, 0.2) is 5.65 Å². The van der Waals surface area contributed by atoms with Crippen molar-refractivity contribution >= 4 is 28.7 Å². The molecule has 7 heteroatoms. The van der Waals surface area contributed by atoms with Gasteiger partial charge in [0.1, 0.15) is 5.52 Å². The van der Waals surface area contributed by atoms with Gasteiger partial charge in [0.05, 0.1) is 11.6 Å². The summed E-state index contributed by atoms with van der Waals surface area (Å²) in [6, 6.07) is 7.51. The van der Waals surface area contributed by atoms with Crippen molar-refractivity contribution in [2.24, 2.45) is 7.05 Å². The molecule has 0 spiro atoms. The predicted octanol–water partition coefficient (Wildman–Crippen LogP) is 2.43. The van der Waals surface area contributed by atoms with Crippen LogP contribution in [0.25, 0.3) is 11.2 Å². The van der Waals surface area contributed by atoms with E-state index in [9.17, 15) is 4.79 Å². The summed E-state index contributed by atoms with van der Waals surface area (Å²) in [4.78, 5) is 16.8. The summed E-state index contributed by atoms with van der Waals surface area (Å²) in [5.41, 5.74) is 3.96.